The van der Waals surface area contributed by atoms with Crippen LogP contribution in [0, 0.1) is 14.1 Å². The summed E-state index contributed by atoms with van der Waals surface area (Å²) in [5.41, 5.74) is 0.988. The molecule has 0 unspecified atom stereocenters. The van der Waals surface area contributed by atoms with E-state index in [1.54, 1.807) is 0 Å². The van der Waals surface area contributed by atoms with Crippen LogP contribution in [0.25, 0.3) is 0 Å². The first-order valence-corrected chi connectivity index (χ1v) is 9.03. The number of benzene rings is 2. The largest absolute Gasteiger partial charge is 0.744 e. The van der Waals surface area contributed by atoms with E-state index in [-0.39, 0.29) is 4.90 Å². The lowest BCUT2D eigenvalue weighted by Crippen LogP contribution is -1.98. The summed E-state index contributed by atoms with van der Waals surface area (Å²) in [5.74, 6) is 1.21. The minimum atomic E-state index is -4.42. The summed E-state index contributed by atoms with van der Waals surface area (Å²) < 4.78 is 40.4. The minimum absolute atomic E-state index is 0.265. The van der Waals surface area contributed by atoms with Crippen molar-refractivity contribution < 1.29 is 17.7 Å². The summed E-state index contributed by atoms with van der Waals surface area (Å²) in [6.07, 6.45) is 0. The zero-order chi connectivity index (χ0) is 14.9. The van der Waals surface area contributed by atoms with E-state index >= 15 is 0 Å². The highest BCUT2D eigenvalue weighted by Crippen LogP contribution is 2.32. The lowest BCUT2D eigenvalue weighted by atomic mass is 10.2. The Morgan fingerprint density at radius 2 is 1.70 bits per heavy atom. The van der Waals surface area contributed by atoms with Gasteiger partial charge in [0.2, 0.25) is 0 Å². The number of ether oxygens (including phenoxy) is 1. The molecule has 0 bridgehead atoms. The van der Waals surface area contributed by atoms with Gasteiger partial charge in [-0.3, -0.25) is 0 Å². The molecule has 4 nitrogen and oxygen atoms in total. The highest BCUT2D eigenvalue weighted by molar-refractivity contribution is 14.1. The summed E-state index contributed by atoms with van der Waals surface area (Å²) in [6.45, 7) is 1.94. The fraction of sp³-hybridized carbons (Fsp3) is 0.0769. The second kappa shape index (κ2) is 6.16. The predicted octanol–water partition coefficient (Wildman–Crippen LogP) is 3.90. The van der Waals surface area contributed by atoms with E-state index in [1.165, 1.54) is 24.3 Å². The van der Waals surface area contributed by atoms with Crippen molar-refractivity contribution >= 4 is 55.3 Å². The molecule has 0 N–H and O–H groups in total. The molecule has 0 fully saturated rings. The predicted molar refractivity (Wildman–Crippen MR) is 91.1 cm³/mol. The van der Waals surface area contributed by atoms with E-state index in [0.29, 0.717) is 5.75 Å². The van der Waals surface area contributed by atoms with Gasteiger partial charge in [0, 0.05) is 3.57 Å². The van der Waals surface area contributed by atoms with E-state index < -0.39 is 10.1 Å². The smallest absolute Gasteiger partial charge is 0.143 e. The Hall–Kier alpha value is -0.390. The fourth-order valence-corrected chi connectivity index (χ4v) is 4.33. The van der Waals surface area contributed by atoms with Gasteiger partial charge in [-0.15, -0.1) is 0 Å². The third kappa shape index (κ3) is 3.83. The highest BCUT2D eigenvalue weighted by Gasteiger charge is 2.09. The second-order valence-corrected chi connectivity index (χ2v) is 7.85. The van der Waals surface area contributed by atoms with Crippen LogP contribution in [0.3, 0.4) is 0 Å². The van der Waals surface area contributed by atoms with Crippen LogP contribution in [0.15, 0.2) is 41.3 Å². The number of hydrogen-bond donors (Lipinski definition) is 0. The molecule has 0 aromatic heterocycles. The zero-order valence-electron chi connectivity index (χ0n) is 10.3. The number of rotatable bonds is 3. The number of aryl methyl sites for hydroxylation is 1. The van der Waals surface area contributed by atoms with E-state index in [9.17, 15) is 13.0 Å². The van der Waals surface area contributed by atoms with Gasteiger partial charge in [-0.2, -0.15) is 0 Å². The first-order chi connectivity index (χ1) is 9.27. The molecule has 2 rings (SSSR count). The second-order valence-electron chi connectivity index (χ2n) is 4.06. The molecule has 106 valence electrons. The van der Waals surface area contributed by atoms with E-state index in [0.717, 1.165) is 18.5 Å². The topological polar surface area (TPSA) is 66.4 Å². The molecule has 20 heavy (non-hydrogen) atoms. The van der Waals surface area contributed by atoms with Crippen LogP contribution >= 0.6 is 45.2 Å². The standard InChI is InChI=1S/C13H10I2O4S/c1-8-6-9(14)7-12(15)13(8)19-10-2-4-11(5-3-10)20(16,17)18/h2-7H,1H3,(H,16,17,18)/p-1. The maximum absolute atomic E-state index is 10.8. The van der Waals surface area contributed by atoms with E-state index in [2.05, 4.69) is 45.2 Å². The molecule has 0 radical (unpaired) electrons. The van der Waals surface area contributed by atoms with Gasteiger partial charge < -0.3 is 9.29 Å². The van der Waals surface area contributed by atoms with Crippen LogP contribution in [-0.2, 0) is 10.1 Å². The molecule has 0 aliphatic heterocycles. The summed E-state index contributed by atoms with van der Waals surface area (Å²) in [5, 5.41) is 0. The lowest BCUT2D eigenvalue weighted by Gasteiger charge is -2.12. The minimum Gasteiger partial charge on any atom is -0.744 e. The van der Waals surface area contributed by atoms with Crippen molar-refractivity contribution in [2.75, 3.05) is 0 Å². The average Bonchev–Trinajstić information content (AvgIpc) is 2.33. The molecule has 2 aromatic rings. The quantitative estimate of drug-likeness (QED) is 0.460. The Bertz CT molecular complexity index is 716. The molecule has 0 amide bonds. The van der Waals surface area contributed by atoms with Gasteiger partial charge in [-0.25, -0.2) is 8.42 Å². The van der Waals surface area contributed by atoms with Gasteiger partial charge in [0.05, 0.1) is 8.47 Å². The molecule has 0 saturated carbocycles. The van der Waals surface area contributed by atoms with Crippen molar-refractivity contribution in [3.63, 3.8) is 0 Å². The Kier molecular flexibility index (Phi) is 4.92. The lowest BCUT2D eigenvalue weighted by molar-refractivity contribution is 0.461. The molecule has 0 saturated heterocycles. The molecular formula is C13H9I2O4S-. The molecule has 0 spiro atoms. The first kappa shape index (κ1) is 16.0. The maximum Gasteiger partial charge on any atom is 0.143 e. The molecular weight excluding hydrogens is 506 g/mol. The Balaban J connectivity index is 2.32. The first-order valence-electron chi connectivity index (χ1n) is 5.47. The van der Waals surface area contributed by atoms with Crippen molar-refractivity contribution in [2.45, 2.75) is 11.8 Å². The molecule has 7 heteroatoms. The highest BCUT2D eigenvalue weighted by atomic mass is 127. The van der Waals surface area contributed by atoms with Gasteiger partial charge >= 0.3 is 0 Å². The van der Waals surface area contributed by atoms with Crippen molar-refractivity contribution in [1.82, 2.24) is 0 Å². The van der Waals surface area contributed by atoms with Crippen LogP contribution in [-0.4, -0.2) is 13.0 Å². The van der Waals surface area contributed by atoms with Crippen LogP contribution < -0.4 is 4.74 Å². The Morgan fingerprint density at radius 1 is 1.10 bits per heavy atom. The normalized spacial score (nSPS) is 11.4. The van der Waals surface area contributed by atoms with Crippen LogP contribution in [0.1, 0.15) is 5.56 Å². The van der Waals surface area contributed by atoms with Crippen molar-refractivity contribution in [2.24, 2.45) is 0 Å². The third-order valence-corrected chi connectivity index (χ3v) is 4.80. The summed E-state index contributed by atoms with van der Waals surface area (Å²) >= 11 is 4.41. The fourth-order valence-electron chi connectivity index (χ4n) is 1.61. The third-order valence-electron chi connectivity index (χ3n) is 2.53. The van der Waals surface area contributed by atoms with Crippen LogP contribution in [0.2, 0.25) is 0 Å². The van der Waals surface area contributed by atoms with Crippen molar-refractivity contribution in [3.05, 3.63) is 49.1 Å². The van der Waals surface area contributed by atoms with Crippen molar-refractivity contribution in [1.29, 1.82) is 0 Å². The zero-order valence-corrected chi connectivity index (χ0v) is 15.4. The van der Waals surface area contributed by atoms with Gasteiger partial charge in [-0.05, 0) is 94.1 Å². The van der Waals surface area contributed by atoms with Gasteiger partial charge in [-0.1, -0.05) is 0 Å². The van der Waals surface area contributed by atoms with E-state index in [4.69, 9.17) is 4.74 Å². The Labute approximate surface area is 144 Å². The van der Waals surface area contributed by atoms with E-state index in [1.807, 2.05) is 19.1 Å². The van der Waals surface area contributed by atoms with Gasteiger partial charge in [0.25, 0.3) is 0 Å². The molecule has 0 aliphatic carbocycles. The van der Waals surface area contributed by atoms with Gasteiger partial charge in [0.15, 0.2) is 0 Å². The SMILES string of the molecule is Cc1cc(I)cc(I)c1Oc1ccc(S(=O)(=O)[O-])cc1. The Morgan fingerprint density at radius 3 is 2.20 bits per heavy atom. The van der Waals surface area contributed by atoms with Crippen molar-refractivity contribution in [3.8, 4) is 11.5 Å². The molecule has 0 aliphatic rings. The number of halogens is 2. The van der Waals surface area contributed by atoms with Crippen LogP contribution in [0.5, 0.6) is 11.5 Å². The summed E-state index contributed by atoms with van der Waals surface area (Å²) in [7, 11) is -4.42. The molecule has 2 aromatic carbocycles. The summed E-state index contributed by atoms with van der Waals surface area (Å²) in [6, 6.07) is 9.41. The summed E-state index contributed by atoms with van der Waals surface area (Å²) in [4.78, 5) is -0.265. The molecule has 0 atom stereocenters. The monoisotopic (exact) mass is 515 g/mol. The molecule has 0 heterocycles. The average molecular weight is 515 g/mol. The maximum atomic E-state index is 10.8. The number of hydrogen-bond acceptors (Lipinski definition) is 4. The van der Waals surface area contributed by atoms with Crippen LogP contribution in [0.4, 0.5) is 0 Å². The van der Waals surface area contributed by atoms with Gasteiger partial charge in [0.1, 0.15) is 21.6 Å².